The Morgan fingerprint density at radius 3 is 1.91 bits per heavy atom. The minimum absolute atomic E-state index is 0.292. The topological polar surface area (TPSA) is 27.7 Å². The van der Waals surface area contributed by atoms with Gasteiger partial charge in [-0.25, -0.2) is 0 Å². The van der Waals surface area contributed by atoms with Crippen LogP contribution in [0.3, 0.4) is 0 Å². The molecular formula is C8H16O3. The first-order valence-electron chi connectivity index (χ1n) is 4.00. The second-order valence-corrected chi connectivity index (χ2v) is 2.87. The van der Waals surface area contributed by atoms with E-state index >= 15 is 0 Å². The first-order valence-corrected chi connectivity index (χ1v) is 4.00. The molecule has 0 bridgehead atoms. The van der Waals surface area contributed by atoms with E-state index in [0.717, 1.165) is 12.8 Å². The highest BCUT2D eigenvalue weighted by atomic mass is 16.6. The minimum atomic E-state index is 0.292. The van der Waals surface area contributed by atoms with E-state index in [0.29, 0.717) is 25.4 Å². The van der Waals surface area contributed by atoms with Gasteiger partial charge in [0.25, 0.3) is 0 Å². The fourth-order valence-electron chi connectivity index (χ4n) is 1.40. The molecule has 1 aliphatic heterocycles. The Labute approximate surface area is 67.6 Å². The molecule has 1 aliphatic rings. The summed E-state index contributed by atoms with van der Waals surface area (Å²) in [5.41, 5.74) is 0. The van der Waals surface area contributed by atoms with Crippen molar-refractivity contribution in [2.75, 3.05) is 27.4 Å². The van der Waals surface area contributed by atoms with Gasteiger partial charge in [-0.1, -0.05) is 0 Å². The van der Waals surface area contributed by atoms with Gasteiger partial charge in [-0.15, -0.1) is 0 Å². The molecule has 3 nitrogen and oxygen atoms in total. The zero-order valence-electron chi connectivity index (χ0n) is 7.21. The Morgan fingerprint density at radius 2 is 1.55 bits per heavy atom. The van der Waals surface area contributed by atoms with Crippen LogP contribution in [0.4, 0.5) is 0 Å². The smallest absolute Gasteiger partial charge is 0.0814 e. The third kappa shape index (κ3) is 2.77. The number of hydrogen-bond donors (Lipinski definition) is 0. The van der Waals surface area contributed by atoms with Crippen molar-refractivity contribution in [2.24, 2.45) is 0 Å². The summed E-state index contributed by atoms with van der Waals surface area (Å²) < 4.78 is 15.6. The predicted molar refractivity (Wildman–Crippen MR) is 41.6 cm³/mol. The van der Waals surface area contributed by atoms with Crippen molar-refractivity contribution in [1.29, 1.82) is 0 Å². The Hall–Kier alpha value is -0.120. The highest BCUT2D eigenvalue weighted by molar-refractivity contribution is 4.72. The van der Waals surface area contributed by atoms with Crippen molar-refractivity contribution in [3.05, 3.63) is 0 Å². The third-order valence-electron chi connectivity index (χ3n) is 1.90. The van der Waals surface area contributed by atoms with Crippen LogP contribution in [-0.4, -0.2) is 39.6 Å². The molecule has 11 heavy (non-hydrogen) atoms. The fraction of sp³-hybridized carbons (Fsp3) is 1.00. The average molecular weight is 160 g/mol. The molecule has 66 valence electrons. The summed E-state index contributed by atoms with van der Waals surface area (Å²) in [7, 11) is 3.40. The molecule has 3 heteroatoms. The lowest BCUT2D eigenvalue weighted by molar-refractivity contribution is -0.0294. The number of rotatable bonds is 4. The van der Waals surface area contributed by atoms with Crippen molar-refractivity contribution in [3.8, 4) is 0 Å². The van der Waals surface area contributed by atoms with Crippen molar-refractivity contribution in [2.45, 2.75) is 25.0 Å². The van der Waals surface area contributed by atoms with Crippen LogP contribution in [0, 0.1) is 0 Å². The van der Waals surface area contributed by atoms with E-state index in [9.17, 15) is 0 Å². The summed E-state index contributed by atoms with van der Waals surface area (Å²) in [6.07, 6.45) is 2.78. The summed E-state index contributed by atoms with van der Waals surface area (Å²) in [6, 6.07) is 0. The molecule has 1 rings (SSSR count). The van der Waals surface area contributed by atoms with Crippen LogP contribution in [-0.2, 0) is 14.2 Å². The third-order valence-corrected chi connectivity index (χ3v) is 1.90. The van der Waals surface area contributed by atoms with Gasteiger partial charge in [0, 0.05) is 14.2 Å². The largest absolute Gasteiger partial charge is 0.382 e. The molecule has 2 atom stereocenters. The maximum atomic E-state index is 5.59. The van der Waals surface area contributed by atoms with Crippen molar-refractivity contribution >= 4 is 0 Å². The summed E-state index contributed by atoms with van der Waals surface area (Å²) >= 11 is 0. The SMILES string of the molecule is COC[C@H]1CC[C@@H](COC)O1. The lowest BCUT2D eigenvalue weighted by Gasteiger charge is -2.11. The minimum Gasteiger partial charge on any atom is -0.382 e. The Morgan fingerprint density at radius 1 is 1.09 bits per heavy atom. The molecule has 0 aliphatic carbocycles. The van der Waals surface area contributed by atoms with E-state index in [1.54, 1.807) is 14.2 Å². The molecule has 0 N–H and O–H groups in total. The molecule has 0 unspecified atom stereocenters. The lowest BCUT2D eigenvalue weighted by Crippen LogP contribution is -2.18. The van der Waals surface area contributed by atoms with E-state index in [4.69, 9.17) is 14.2 Å². The number of ether oxygens (including phenoxy) is 3. The summed E-state index contributed by atoms with van der Waals surface area (Å²) in [5, 5.41) is 0. The first-order chi connectivity index (χ1) is 5.36. The monoisotopic (exact) mass is 160 g/mol. The van der Waals surface area contributed by atoms with Crippen molar-refractivity contribution < 1.29 is 14.2 Å². The summed E-state index contributed by atoms with van der Waals surface area (Å²) in [5.74, 6) is 0. The highest BCUT2D eigenvalue weighted by Crippen LogP contribution is 2.19. The van der Waals surface area contributed by atoms with E-state index in [1.807, 2.05) is 0 Å². The molecular weight excluding hydrogens is 144 g/mol. The zero-order valence-corrected chi connectivity index (χ0v) is 7.21. The highest BCUT2D eigenvalue weighted by Gasteiger charge is 2.24. The molecule has 0 amide bonds. The zero-order chi connectivity index (χ0) is 8.10. The molecule has 0 aromatic heterocycles. The molecule has 0 aromatic carbocycles. The fourth-order valence-corrected chi connectivity index (χ4v) is 1.40. The maximum Gasteiger partial charge on any atom is 0.0814 e. The first kappa shape index (κ1) is 8.97. The summed E-state index contributed by atoms with van der Waals surface area (Å²) in [6.45, 7) is 1.42. The van der Waals surface area contributed by atoms with Gasteiger partial charge < -0.3 is 14.2 Å². The van der Waals surface area contributed by atoms with Gasteiger partial charge in [0.1, 0.15) is 0 Å². The normalized spacial score (nSPS) is 31.1. The van der Waals surface area contributed by atoms with Gasteiger partial charge in [-0.3, -0.25) is 0 Å². The van der Waals surface area contributed by atoms with E-state index < -0.39 is 0 Å². The number of methoxy groups -OCH3 is 2. The van der Waals surface area contributed by atoms with Crippen LogP contribution in [0.25, 0.3) is 0 Å². The van der Waals surface area contributed by atoms with Gasteiger partial charge in [0.15, 0.2) is 0 Å². The quantitative estimate of drug-likeness (QED) is 0.609. The molecule has 0 spiro atoms. The van der Waals surface area contributed by atoms with Crippen LogP contribution in [0.15, 0.2) is 0 Å². The van der Waals surface area contributed by atoms with E-state index in [2.05, 4.69) is 0 Å². The van der Waals surface area contributed by atoms with Crippen molar-refractivity contribution in [1.82, 2.24) is 0 Å². The van der Waals surface area contributed by atoms with Gasteiger partial charge in [0.2, 0.25) is 0 Å². The van der Waals surface area contributed by atoms with Crippen LogP contribution in [0.1, 0.15) is 12.8 Å². The Kier molecular flexibility index (Phi) is 3.83. The van der Waals surface area contributed by atoms with Crippen LogP contribution >= 0.6 is 0 Å². The maximum absolute atomic E-state index is 5.59. The Bertz CT molecular complexity index is 93.5. The van der Waals surface area contributed by atoms with Gasteiger partial charge in [0.05, 0.1) is 25.4 Å². The van der Waals surface area contributed by atoms with E-state index in [1.165, 1.54) is 0 Å². The predicted octanol–water partition coefficient (Wildman–Crippen LogP) is 0.827. The van der Waals surface area contributed by atoms with E-state index in [-0.39, 0.29) is 0 Å². The molecule has 0 saturated carbocycles. The van der Waals surface area contributed by atoms with Gasteiger partial charge >= 0.3 is 0 Å². The van der Waals surface area contributed by atoms with Gasteiger partial charge in [-0.2, -0.15) is 0 Å². The van der Waals surface area contributed by atoms with Crippen LogP contribution in [0.5, 0.6) is 0 Å². The Balaban J connectivity index is 2.12. The number of hydrogen-bond acceptors (Lipinski definition) is 3. The second-order valence-electron chi connectivity index (χ2n) is 2.87. The van der Waals surface area contributed by atoms with Crippen molar-refractivity contribution in [3.63, 3.8) is 0 Å². The lowest BCUT2D eigenvalue weighted by atomic mass is 10.2. The molecule has 0 aromatic rings. The molecule has 1 fully saturated rings. The van der Waals surface area contributed by atoms with Crippen LogP contribution < -0.4 is 0 Å². The second kappa shape index (κ2) is 4.70. The molecule has 1 saturated heterocycles. The van der Waals surface area contributed by atoms with Gasteiger partial charge in [-0.05, 0) is 12.8 Å². The molecule has 0 radical (unpaired) electrons. The molecule has 1 heterocycles. The average Bonchev–Trinajstić information content (AvgIpc) is 2.38. The summed E-state index contributed by atoms with van der Waals surface area (Å²) in [4.78, 5) is 0. The standard InChI is InChI=1S/C8H16O3/c1-9-5-7-3-4-8(11-7)6-10-2/h7-8H,3-6H2,1-2H3/t7-,8+. The van der Waals surface area contributed by atoms with Crippen LogP contribution in [0.2, 0.25) is 0 Å².